The molecule has 3 N–H and O–H groups in total. The normalized spacial score (nSPS) is 14.9. The summed E-state index contributed by atoms with van der Waals surface area (Å²) in [4.78, 5) is 11.7. The van der Waals surface area contributed by atoms with Crippen molar-refractivity contribution < 1.29 is 4.74 Å². The maximum Gasteiger partial charge on any atom is 0.228 e. The minimum Gasteiger partial charge on any atom is -0.497 e. The first-order valence-electron chi connectivity index (χ1n) is 8.27. The van der Waals surface area contributed by atoms with Crippen LogP contribution < -0.4 is 20.7 Å². The van der Waals surface area contributed by atoms with Gasteiger partial charge in [0.1, 0.15) is 11.6 Å². The van der Waals surface area contributed by atoms with Crippen molar-refractivity contribution >= 4 is 22.8 Å². The summed E-state index contributed by atoms with van der Waals surface area (Å²) in [6.45, 7) is 3.58. The molecule has 0 unspecified atom stereocenters. The number of aryl methyl sites for hydroxylation is 1. The molecule has 8 nitrogen and oxygen atoms in total. The maximum atomic E-state index is 6.23. The lowest BCUT2D eigenvalue weighted by molar-refractivity contribution is 0.415. The fourth-order valence-electron chi connectivity index (χ4n) is 3.07. The van der Waals surface area contributed by atoms with Crippen LogP contribution in [0.5, 0.6) is 5.75 Å². The van der Waals surface area contributed by atoms with Crippen LogP contribution in [0.25, 0.3) is 22.3 Å². The van der Waals surface area contributed by atoms with Crippen molar-refractivity contribution in [1.82, 2.24) is 25.1 Å². The average Bonchev–Trinajstić information content (AvgIpc) is 2.96. The quantitative estimate of drug-likeness (QED) is 0.736. The maximum absolute atomic E-state index is 6.23. The second-order valence-corrected chi connectivity index (χ2v) is 6.05. The van der Waals surface area contributed by atoms with E-state index in [0.717, 1.165) is 48.6 Å². The Morgan fingerprint density at radius 1 is 1.12 bits per heavy atom. The van der Waals surface area contributed by atoms with Crippen LogP contribution in [-0.2, 0) is 7.05 Å². The van der Waals surface area contributed by atoms with Crippen molar-refractivity contribution in [3.05, 3.63) is 24.3 Å². The van der Waals surface area contributed by atoms with Gasteiger partial charge in [0.15, 0.2) is 5.65 Å². The third-order valence-corrected chi connectivity index (χ3v) is 4.49. The van der Waals surface area contributed by atoms with E-state index in [1.807, 2.05) is 31.3 Å². The number of hydrogen-bond acceptors (Lipinski definition) is 7. The van der Waals surface area contributed by atoms with Crippen LogP contribution in [0.15, 0.2) is 24.3 Å². The zero-order valence-electron chi connectivity index (χ0n) is 14.4. The van der Waals surface area contributed by atoms with E-state index in [4.69, 9.17) is 15.5 Å². The number of fused-ring (bicyclic) bond motifs is 1. The number of anilines is 2. The van der Waals surface area contributed by atoms with Crippen LogP contribution >= 0.6 is 0 Å². The van der Waals surface area contributed by atoms with Crippen LogP contribution in [0.4, 0.5) is 11.8 Å². The Morgan fingerprint density at radius 2 is 1.84 bits per heavy atom. The topological polar surface area (TPSA) is 94.1 Å². The first-order chi connectivity index (χ1) is 12.2. The van der Waals surface area contributed by atoms with Crippen molar-refractivity contribution in [2.45, 2.75) is 0 Å². The summed E-state index contributed by atoms with van der Waals surface area (Å²) in [5, 5.41) is 8.59. The van der Waals surface area contributed by atoms with Gasteiger partial charge in [-0.1, -0.05) is 0 Å². The molecule has 0 spiro atoms. The van der Waals surface area contributed by atoms with E-state index < -0.39 is 0 Å². The van der Waals surface area contributed by atoms with Gasteiger partial charge in [0.2, 0.25) is 5.95 Å². The van der Waals surface area contributed by atoms with E-state index in [0.29, 0.717) is 17.4 Å². The molecule has 0 saturated carbocycles. The molecule has 1 aliphatic rings. The Bertz CT molecular complexity index is 897. The number of nitrogens with one attached hydrogen (secondary N) is 1. The second kappa shape index (κ2) is 6.21. The molecule has 1 fully saturated rings. The Labute approximate surface area is 145 Å². The minimum atomic E-state index is 0.563. The molecular formula is C17H21N7O. The van der Waals surface area contributed by atoms with Crippen LogP contribution in [-0.4, -0.2) is 53.0 Å². The molecule has 0 amide bonds. The van der Waals surface area contributed by atoms with Crippen LogP contribution in [0.2, 0.25) is 0 Å². The van der Waals surface area contributed by atoms with E-state index in [-0.39, 0.29) is 0 Å². The highest BCUT2D eigenvalue weighted by molar-refractivity contribution is 5.98. The third-order valence-electron chi connectivity index (χ3n) is 4.49. The fourth-order valence-corrected chi connectivity index (χ4v) is 3.07. The van der Waals surface area contributed by atoms with Gasteiger partial charge in [-0.15, -0.1) is 0 Å². The van der Waals surface area contributed by atoms with Gasteiger partial charge >= 0.3 is 0 Å². The van der Waals surface area contributed by atoms with Gasteiger partial charge in [0.25, 0.3) is 0 Å². The highest BCUT2D eigenvalue weighted by Gasteiger charge is 2.20. The molecule has 4 rings (SSSR count). The van der Waals surface area contributed by atoms with E-state index in [1.54, 1.807) is 11.8 Å². The van der Waals surface area contributed by atoms with Crippen molar-refractivity contribution in [2.24, 2.45) is 7.05 Å². The molecule has 0 atom stereocenters. The molecule has 3 aromatic rings. The summed E-state index contributed by atoms with van der Waals surface area (Å²) >= 11 is 0. The number of piperazine rings is 1. The summed E-state index contributed by atoms with van der Waals surface area (Å²) in [7, 11) is 3.47. The number of methoxy groups -OCH3 is 1. The van der Waals surface area contributed by atoms with Gasteiger partial charge in [-0.2, -0.15) is 10.1 Å². The van der Waals surface area contributed by atoms with E-state index in [1.165, 1.54) is 0 Å². The SMILES string of the molecule is COc1ccc(-c2nc(N3CCNCC3)nc3nn(C)c(N)c23)cc1. The van der Waals surface area contributed by atoms with Crippen LogP contribution in [0.1, 0.15) is 0 Å². The summed E-state index contributed by atoms with van der Waals surface area (Å²) < 4.78 is 6.90. The van der Waals surface area contributed by atoms with Crippen LogP contribution in [0, 0.1) is 0 Å². The van der Waals surface area contributed by atoms with Crippen molar-refractivity contribution in [3.63, 3.8) is 0 Å². The van der Waals surface area contributed by atoms with Gasteiger partial charge in [0, 0.05) is 38.8 Å². The zero-order valence-corrected chi connectivity index (χ0v) is 14.4. The molecule has 3 heterocycles. The van der Waals surface area contributed by atoms with Crippen molar-refractivity contribution in [1.29, 1.82) is 0 Å². The largest absolute Gasteiger partial charge is 0.497 e. The van der Waals surface area contributed by atoms with E-state index >= 15 is 0 Å². The number of aromatic nitrogens is 4. The molecule has 1 aliphatic heterocycles. The summed E-state index contributed by atoms with van der Waals surface area (Å²) in [5.41, 5.74) is 8.61. The lowest BCUT2D eigenvalue weighted by Gasteiger charge is -2.27. The smallest absolute Gasteiger partial charge is 0.228 e. The van der Waals surface area contributed by atoms with Gasteiger partial charge in [-0.3, -0.25) is 4.68 Å². The number of nitrogens with zero attached hydrogens (tertiary/aromatic N) is 5. The van der Waals surface area contributed by atoms with Gasteiger partial charge in [0.05, 0.1) is 18.2 Å². The predicted molar refractivity (Wildman–Crippen MR) is 97.8 cm³/mol. The molecule has 1 saturated heterocycles. The van der Waals surface area contributed by atoms with Crippen molar-refractivity contribution in [2.75, 3.05) is 43.9 Å². The lowest BCUT2D eigenvalue weighted by atomic mass is 10.1. The molecule has 2 aromatic heterocycles. The number of hydrogen-bond donors (Lipinski definition) is 2. The Morgan fingerprint density at radius 3 is 2.52 bits per heavy atom. The summed E-state index contributed by atoms with van der Waals surface area (Å²) in [5.74, 6) is 2.06. The van der Waals surface area contributed by atoms with Gasteiger partial charge in [-0.05, 0) is 24.3 Å². The number of rotatable bonds is 3. The molecule has 1 aromatic carbocycles. The molecular weight excluding hydrogens is 318 g/mol. The number of benzene rings is 1. The molecule has 0 bridgehead atoms. The van der Waals surface area contributed by atoms with Crippen LogP contribution in [0.3, 0.4) is 0 Å². The summed E-state index contributed by atoms with van der Waals surface area (Å²) in [6, 6.07) is 7.80. The second-order valence-electron chi connectivity index (χ2n) is 6.05. The first kappa shape index (κ1) is 15.6. The summed E-state index contributed by atoms with van der Waals surface area (Å²) in [6.07, 6.45) is 0. The highest BCUT2D eigenvalue weighted by atomic mass is 16.5. The third kappa shape index (κ3) is 2.74. The van der Waals surface area contributed by atoms with Crippen molar-refractivity contribution in [3.8, 4) is 17.0 Å². The zero-order chi connectivity index (χ0) is 17.4. The average molecular weight is 339 g/mol. The molecule has 8 heteroatoms. The number of ether oxygens (including phenoxy) is 1. The molecule has 0 aliphatic carbocycles. The predicted octanol–water partition coefficient (Wildman–Crippen LogP) is 1.03. The van der Waals surface area contributed by atoms with Gasteiger partial charge < -0.3 is 20.7 Å². The number of nitrogens with two attached hydrogens (primary N) is 1. The standard InChI is InChI=1S/C17H21N7O/c1-23-15(18)13-14(11-3-5-12(25-2)6-4-11)20-17(21-16(13)22-23)24-9-7-19-8-10-24/h3-6,19H,7-10,18H2,1-2H3. The minimum absolute atomic E-state index is 0.563. The highest BCUT2D eigenvalue weighted by Crippen LogP contribution is 2.32. The number of nitrogen functional groups attached to an aromatic ring is 1. The first-order valence-corrected chi connectivity index (χ1v) is 8.27. The molecule has 25 heavy (non-hydrogen) atoms. The Kier molecular flexibility index (Phi) is 3.89. The monoisotopic (exact) mass is 339 g/mol. The Hall–Kier alpha value is -2.87. The molecule has 130 valence electrons. The lowest BCUT2D eigenvalue weighted by Crippen LogP contribution is -2.44. The molecule has 0 radical (unpaired) electrons. The Balaban J connectivity index is 1.89. The van der Waals surface area contributed by atoms with E-state index in [9.17, 15) is 0 Å². The van der Waals surface area contributed by atoms with Gasteiger partial charge in [-0.25, -0.2) is 4.98 Å². The van der Waals surface area contributed by atoms with E-state index in [2.05, 4.69) is 20.3 Å². The fraction of sp³-hybridized carbons (Fsp3) is 0.353.